The zero-order chi connectivity index (χ0) is 17.3. The van der Waals surface area contributed by atoms with Crippen molar-refractivity contribution in [3.05, 3.63) is 58.6 Å². The number of sulfonamides is 1. The highest BCUT2D eigenvalue weighted by Crippen LogP contribution is 2.21. The van der Waals surface area contributed by atoms with E-state index in [1.807, 2.05) is 0 Å². The maximum Gasteiger partial charge on any atom is 0.241 e. The van der Waals surface area contributed by atoms with Crippen molar-refractivity contribution in [3.8, 4) is 0 Å². The van der Waals surface area contributed by atoms with Crippen LogP contribution in [0.15, 0.2) is 52.3 Å². The van der Waals surface area contributed by atoms with Crippen molar-refractivity contribution in [3.63, 3.8) is 0 Å². The lowest BCUT2D eigenvalue weighted by Gasteiger charge is -2.11. The molecular formula is C15H16ClNO4S2. The number of nitrogens with one attached hydrogen (secondary N) is 1. The van der Waals surface area contributed by atoms with E-state index in [9.17, 15) is 16.8 Å². The molecule has 0 aliphatic carbocycles. The minimum absolute atomic E-state index is 0.0184. The Morgan fingerprint density at radius 3 is 2.30 bits per heavy atom. The van der Waals surface area contributed by atoms with Crippen molar-refractivity contribution in [2.75, 3.05) is 6.26 Å². The fraction of sp³-hybridized carbons (Fsp3) is 0.200. The van der Waals surface area contributed by atoms with Crippen molar-refractivity contribution >= 4 is 31.5 Å². The van der Waals surface area contributed by atoms with Crippen molar-refractivity contribution in [1.29, 1.82) is 0 Å². The predicted octanol–water partition coefficient (Wildman–Crippen LogP) is 2.53. The van der Waals surface area contributed by atoms with Gasteiger partial charge in [0.05, 0.1) is 9.79 Å². The first-order valence-corrected chi connectivity index (χ1v) is 10.4. The van der Waals surface area contributed by atoms with Crippen molar-refractivity contribution in [2.45, 2.75) is 23.3 Å². The lowest BCUT2D eigenvalue weighted by Crippen LogP contribution is -2.24. The van der Waals surface area contributed by atoms with E-state index in [2.05, 4.69) is 4.72 Å². The summed E-state index contributed by atoms with van der Waals surface area (Å²) in [4.78, 5) is -0.103. The molecule has 0 unspecified atom stereocenters. The molecule has 2 aromatic rings. The van der Waals surface area contributed by atoms with Gasteiger partial charge in [-0.25, -0.2) is 21.6 Å². The fourth-order valence-electron chi connectivity index (χ4n) is 1.99. The second-order valence-corrected chi connectivity index (χ2v) is 9.27. The molecular weight excluding hydrogens is 358 g/mol. The van der Waals surface area contributed by atoms with Gasteiger partial charge in [-0.15, -0.1) is 0 Å². The van der Waals surface area contributed by atoms with Crippen LogP contribution in [0.1, 0.15) is 11.1 Å². The first kappa shape index (κ1) is 17.9. The zero-order valence-corrected chi connectivity index (χ0v) is 15.0. The van der Waals surface area contributed by atoms with Gasteiger partial charge in [-0.05, 0) is 36.2 Å². The third-order valence-electron chi connectivity index (χ3n) is 3.29. The molecule has 8 heteroatoms. The maximum absolute atomic E-state index is 12.5. The molecule has 0 aliphatic rings. The summed E-state index contributed by atoms with van der Waals surface area (Å²) < 4.78 is 50.6. The Bertz CT molecular complexity index is 938. The Labute approximate surface area is 141 Å². The molecule has 0 bridgehead atoms. The molecule has 0 saturated carbocycles. The smallest absolute Gasteiger partial charge is 0.224 e. The third-order valence-corrected chi connectivity index (χ3v) is 6.31. The van der Waals surface area contributed by atoms with E-state index < -0.39 is 19.9 Å². The predicted molar refractivity (Wildman–Crippen MR) is 89.8 cm³/mol. The lowest BCUT2D eigenvalue weighted by molar-refractivity contribution is 0.580. The van der Waals surface area contributed by atoms with Crippen molar-refractivity contribution in [2.24, 2.45) is 0 Å². The average Bonchev–Trinajstić information content (AvgIpc) is 2.45. The second-order valence-electron chi connectivity index (χ2n) is 5.12. The molecule has 0 heterocycles. The summed E-state index contributed by atoms with van der Waals surface area (Å²) in [6, 6.07) is 10.9. The summed E-state index contributed by atoms with van der Waals surface area (Å²) >= 11 is 6.00. The number of hydrogen-bond acceptors (Lipinski definition) is 4. The molecule has 0 amide bonds. The van der Waals surface area contributed by atoms with Gasteiger partial charge in [-0.2, -0.15) is 0 Å². The first-order chi connectivity index (χ1) is 10.6. The van der Waals surface area contributed by atoms with Crippen LogP contribution in [0.4, 0.5) is 0 Å². The van der Waals surface area contributed by atoms with Crippen LogP contribution in [0.2, 0.25) is 5.02 Å². The van der Waals surface area contributed by atoms with Gasteiger partial charge < -0.3 is 0 Å². The van der Waals surface area contributed by atoms with E-state index in [0.29, 0.717) is 16.1 Å². The minimum Gasteiger partial charge on any atom is -0.224 e. The number of rotatable bonds is 5. The summed E-state index contributed by atoms with van der Waals surface area (Å²) in [7, 11) is -7.35. The topological polar surface area (TPSA) is 80.3 Å². The van der Waals surface area contributed by atoms with Crippen LogP contribution >= 0.6 is 11.6 Å². The second kappa shape index (κ2) is 6.60. The quantitative estimate of drug-likeness (QED) is 0.873. The number of aryl methyl sites for hydroxylation is 1. The van der Waals surface area contributed by atoms with E-state index in [-0.39, 0.29) is 16.3 Å². The monoisotopic (exact) mass is 373 g/mol. The molecule has 2 rings (SSSR count). The lowest BCUT2D eigenvalue weighted by atomic mass is 10.2. The highest BCUT2D eigenvalue weighted by molar-refractivity contribution is 7.91. The van der Waals surface area contributed by atoms with Crippen LogP contribution in [-0.2, 0) is 26.4 Å². The summed E-state index contributed by atoms with van der Waals surface area (Å²) in [5.74, 6) is 0. The van der Waals surface area contributed by atoms with E-state index in [4.69, 9.17) is 11.6 Å². The first-order valence-electron chi connectivity index (χ1n) is 6.65. The van der Waals surface area contributed by atoms with Gasteiger partial charge in [0.25, 0.3) is 0 Å². The van der Waals surface area contributed by atoms with Gasteiger partial charge in [-0.3, -0.25) is 0 Å². The number of sulfone groups is 1. The molecule has 2 aromatic carbocycles. The van der Waals surface area contributed by atoms with E-state index in [0.717, 1.165) is 6.26 Å². The fourth-order valence-corrected chi connectivity index (χ4v) is 4.19. The Hall–Kier alpha value is -1.41. The largest absolute Gasteiger partial charge is 0.241 e. The number of halogens is 1. The van der Waals surface area contributed by atoms with Gasteiger partial charge in [0.2, 0.25) is 10.0 Å². The molecule has 5 nitrogen and oxygen atoms in total. The molecule has 0 atom stereocenters. The number of hydrogen-bond donors (Lipinski definition) is 1. The van der Waals surface area contributed by atoms with Crippen LogP contribution in [-0.4, -0.2) is 23.1 Å². The SMILES string of the molecule is Cc1ccc(S(C)(=O)=O)cc1S(=O)(=O)NCc1ccccc1Cl. The molecule has 23 heavy (non-hydrogen) atoms. The maximum atomic E-state index is 12.5. The molecule has 0 fully saturated rings. The Kier molecular flexibility index (Phi) is 5.15. The van der Waals surface area contributed by atoms with Gasteiger partial charge in [-0.1, -0.05) is 35.9 Å². The molecule has 0 radical (unpaired) electrons. The van der Waals surface area contributed by atoms with E-state index in [1.165, 1.54) is 18.2 Å². The van der Waals surface area contributed by atoms with Crippen LogP contribution in [0.3, 0.4) is 0 Å². The number of benzene rings is 2. The molecule has 0 spiro atoms. The normalized spacial score (nSPS) is 12.3. The van der Waals surface area contributed by atoms with Crippen LogP contribution in [0.25, 0.3) is 0 Å². The Morgan fingerprint density at radius 2 is 1.70 bits per heavy atom. The van der Waals surface area contributed by atoms with Crippen molar-refractivity contribution in [1.82, 2.24) is 4.72 Å². The summed E-state index contributed by atoms with van der Waals surface area (Å²) in [6.07, 6.45) is 1.03. The van der Waals surface area contributed by atoms with E-state index in [1.54, 1.807) is 31.2 Å². The third kappa shape index (κ3) is 4.32. The highest BCUT2D eigenvalue weighted by atomic mass is 35.5. The molecule has 1 N–H and O–H groups in total. The van der Waals surface area contributed by atoms with Gasteiger partial charge in [0, 0.05) is 17.8 Å². The van der Waals surface area contributed by atoms with Crippen LogP contribution in [0, 0.1) is 6.92 Å². The summed E-state index contributed by atoms with van der Waals surface area (Å²) in [5.41, 5.74) is 1.10. The highest BCUT2D eigenvalue weighted by Gasteiger charge is 2.20. The molecule has 0 aliphatic heterocycles. The summed E-state index contributed by atoms with van der Waals surface area (Å²) in [5, 5.41) is 0.455. The Morgan fingerprint density at radius 1 is 1.04 bits per heavy atom. The van der Waals surface area contributed by atoms with Crippen LogP contribution in [0.5, 0.6) is 0 Å². The van der Waals surface area contributed by atoms with Gasteiger partial charge in [0.15, 0.2) is 9.84 Å². The minimum atomic E-state index is -3.86. The van der Waals surface area contributed by atoms with E-state index >= 15 is 0 Å². The molecule has 124 valence electrons. The zero-order valence-electron chi connectivity index (χ0n) is 12.6. The van der Waals surface area contributed by atoms with Crippen LogP contribution < -0.4 is 4.72 Å². The Balaban J connectivity index is 2.35. The van der Waals surface area contributed by atoms with Gasteiger partial charge in [0.1, 0.15) is 0 Å². The summed E-state index contributed by atoms with van der Waals surface area (Å²) in [6.45, 7) is 1.63. The van der Waals surface area contributed by atoms with Gasteiger partial charge >= 0.3 is 0 Å². The molecule has 0 aromatic heterocycles. The molecule has 0 saturated heterocycles. The van der Waals surface area contributed by atoms with Crippen molar-refractivity contribution < 1.29 is 16.8 Å². The average molecular weight is 374 g/mol. The standard InChI is InChI=1S/C15H16ClNO4S2/c1-11-7-8-13(22(2,18)19)9-15(11)23(20,21)17-10-12-5-3-4-6-14(12)16/h3-9,17H,10H2,1-2H3.